The number of carboxylic acid groups (broad SMARTS) is 1. The van der Waals surface area contributed by atoms with Crippen LogP contribution in [0.1, 0.15) is 16.8 Å². The summed E-state index contributed by atoms with van der Waals surface area (Å²) in [6.45, 7) is -0.330. The number of ether oxygens (including phenoxy) is 1. The number of carbonyl (C=O) groups excluding carboxylic acids is 1. The summed E-state index contributed by atoms with van der Waals surface area (Å²) in [5.74, 6) is -10.7. The molecule has 0 radical (unpaired) electrons. The molecule has 5 nitrogen and oxygen atoms in total. The van der Waals surface area contributed by atoms with Gasteiger partial charge in [0.05, 0.1) is 12.2 Å². The van der Waals surface area contributed by atoms with Gasteiger partial charge in [0.25, 0.3) is 5.91 Å². The number of hydrogen-bond donors (Lipinski definition) is 2. The lowest BCUT2D eigenvalue weighted by molar-refractivity contribution is -0.144. The van der Waals surface area contributed by atoms with Crippen molar-refractivity contribution in [2.24, 2.45) is 0 Å². The summed E-state index contributed by atoms with van der Waals surface area (Å²) >= 11 is 0. The van der Waals surface area contributed by atoms with Crippen LogP contribution in [0, 0.1) is 23.3 Å². The molecule has 1 aliphatic rings. The maximum atomic E-state index is 13.5. The van der Waals surface area contributed by atoms with E-state index in [1.54, 1.807) is 0 Å². The highest BCUT2D eigenvalue weighted by Gasteiger charge is 2.44. The first-order valence-electron chi connectivity index (χ1n) is 5.75. The zero-order valence-corrected chi connectivity index (χ0v) is 10.4. The molecule has 1 atom stereocenters. The van der Waals surface area contributed by atoms with E-state index in [2.05, 4.69) is 0 Å². The summed E-state index contributed by atoms with van der Waals surface area (Å²) in [7, 11) is 0. The average molecular weight is 307 g/mol. The zero-order valence-electron chi connectivity index (χ0n) is 10.4. The van der Waals surface area contributed by atoms with Gasteiger partial charge in [-0.1, -0.05) is 0 Å². The Hall–Kier alpha value is -2.16. The predicted molar refractivity (Wildman–Crippen MR) is 59.5 cm³/mol. The van der Waals surface area contributed by atoms with Crippen LogP contribution < -0.4 is 5.32 Å². The fourth-order valence-corrected chi connectivity index (χ4v) is 1.91. The average Bonchev–Trinajstić information content (AvgIpc) is 2.90. The molecular weight excluding hydrogens is 298 g/mol. The molecule has 9 heteroatoms. The van der Waals surface area contributed by atoms with Gasteiger partial charge in [0, 0.05) is 13.0 Å². The first-order valence-corrected chi connectivity index (χ1v) is 5.75. The van der Waals surface area contributed by atoms with Crippen molar-refractivity contribution in [3.05, 3.63) is 34.9 Å². The van der Waals surface area contributed by atoms with Gasteiger partial charge in [-0.3, -0.25) is 4.79 Å². The van der Waals surface area contributed by atoms with Crippen molar-refractivity contribution in [2.45, 2.75) is 12.0 Å². The zero-order chi connectivity index (χ0) is 15.8. The fraction of sp³-hybridized carbons (Fsp3) is 0.333. The Kier molecular flexibility index (Phi) is 3.86. The molecule has 1 unspecified atom stereocenters. The summed E-state index contributed by atoms with van der Waals surface area (Å²) in [6, 6.07) is 0.161. The number of nitrogens with one attached hydrogen (secondary N) is 1. The Bertz CT molecular complexity index is 614. The molecule has 21 heavy (non-hydrogen) atoms. The molecule has 1 aliphatic heterocycles. The van der Waals surface area contributed by atoms with Gasteiger partial charge in [-0.05, 0) is 6.07 Å². The van der Waals surface area contributed by atoms with Gasteiger partial charge in [0.2, 0.25) is 0 Å². The predicted octanol–water partition coefficient (Wildman–Crippen LogP) is 1.22. The number of rotatable bonds is 3. The van der Waals surface area contributed by atoms with Crippen LogP contribution in [0.25, 0.3) is 0 Å². The van der Waals surface area contributed by atoms with Crippen LogP contribution >= 0.6 is 0 Å². The van der Waals surface area contributed by atoms with E-state index in [0.29, 0.717) is 0 Å². The number of hydrogen-bond acceptors (Lipinski definition) is 3. The van der Waals surface area contributed by atoms with Crippen molar-refractivity contribution < 1.29 is 37.0 Å². The van der Waals surface area contributed by atoms with Crippen LogP contribution in [0.3, 0.4) is 0 Å². The summed E-state index contributed by atoms with van der Waals surface area (Å²) in [5, 5.41) is 11.0. The normalized spacial score (nSPS) is 21.3. The maximum Gasteiger partial charge on any atom is 0.331 e. The number of aliphatic carboxylic acids is 1. The van der Waals surface area contributed by atoms with Crippen molar-refractivity contribution in [3.63, 3.8) is 0 Å². The van der Waals surface area contributed by atoms with E-state index in [1.165, 1.54) is 0 Å². The Morgan fingerprint density at radius 3 is 2.38 bits per heavy atom. The topological polar surface area (TPSA) is 75.6 Å². The molecule has 1 amide bonds. The third kappa shape index (κ3) is 2.56. The second-order valence-corrected chi connectivity index (χ2v) is 4.49. The van der Waals surface area contributed by atoms with Crippen molar-refractivity contribution in [1.29, 1.82) is 0 Å². The van der Waals surface area contributed by atoms with E-state index in [4.69, 9.17) is 9.84 Å². The van der Waals surface area contributed by atoms with Gasteiger partial charge in [-0.2, -0.15) is 0 Å². The fourth-order valence-electron chi connectivity index (χ4n) is 1.91. The van der Waals surface area contributed by atoms with Crippen molar-refractivity contribution in [3.8, 4) is 0 Å². The van der Waals surface area contributed by atoms with Crippen LogP contribution in [-0.2, 0) is 9.53 Å². The molecule has 1 aromatic rings. The molecule has 0 aliphatic carbocycles. The lowest BCUT2D eigenvalue weighted by Crippen LogP contribution is -2.55. The summed E-state index contributed by atoms with van der Waals surface area (Å²) in [4.78, 5) is 23.0. The van der Waals surface area contributed by atoms with Gasteiger partial charge < -0.3 is 15.2 Å². The van der Waals surface area contributed by atoms with Crippen LogP contribution in [0.2, 0.25) is 0 Å². The third-order valence-electron chi connectivity index (χ3n) is 3.13. The minimum absolute atomic E-state index is 0.0429. The van der Waals surface area contributed by atoms with Gasteiger partial charge in [-0.15, -0.1) is 0 Å². The van der Waals surface area contributed by atoms with Crippen LogP contribution in [0.5, 0.6) is 0 Å². The standard InChI is InChI=1S/C12H9F4NO4/c13-6-3-5(7(14)9(16)8(6)15)10(18)17-12(11(19)20)1-2-21-4-12/h3H,1-2,4H2,(H,17,18)(H,19,20). The molecule has 0 bridgehead atoms. The van der Waals surface area contributed by atoms with E-state index in [1.807, 2.05) is 5.32 Å². The summed E-state index contributed by atoms with van der Waals surface area (Å²) < 4.78 is 57.3. The molecule has 1 aromatic carbocycles. The lowest BCUT2D eigenvalue weighted by Gasteiger charge is -2.23. The molecule has 0 spiro atoms. The van der Waals surface area contributed by atoms with Gasteiger partial charge >= 0.3 is 5.97 Å². The second-order valence-electron chi connectivity index (χ2n) is 4.49. The highest BCUT2D eigenvalue weighted by molar-refractivity contribution is 5.98. The minimum Gasteiger partial charge on any atom is -0.479 e. The number of carboxylic acids is 1. The summed E-state index contributed by atoms with van der Waals surface area (Å²) in [6.07, 6.45) is -0.0954. The number of carbonyl (C=O) groups is 2. The Morgan fingerprint density at radius 1 is 1.19 bits per heavy atom. The smallest absolute Gasteiger partial charge is 0.331 e. The van der Waals surface area contributed by atoms with E-state index in [0.717, 1.165) is 0 Å². The number of amides is 1. The molecule has 2 rings (SSSR count). The van der Waals surface area contributed by atoms with Gasteiger partial charge in [0.1, 0.15) is 0 Å². The van der Waals surface area contributed by atoms with Gasteiger partial charge in [0.15, 0.2) is 28.8 Å². The molecular formula is C12H9F4NO4. The van der Waals surface area contributed by atoms with Crippen molar-refractivity contribution in [2.75, 3.05) is 13.2 Å². The Morgan fingerprint density at radius 2 is 1.86 bits per heavy atom. The van der Waals surface area contributed by atoms with Crippen LogP contribution in [-0.4, -0.2) is 35.7 Å². The highest BCUT2D eigenvalue weighted by atomic mass is 19.2. The van der Waals surface area contributed by atoms with Gasteiger partial charge in [-0.25, -0.2) is 22.4 Å². The van der Waals surface area contributed by atoms with Crippen LogP contribution in [0.4, 0.5) is 17.6 Å². The number of benzene rings is 1. The van der Waals surface area contributed by atoms with Crippen molar-refractivity contribution >= 4 is 11.9 Å². The lowest BCUT2D eigenvalue weighted by atomic mass is 9.98. The molecule has 0 aromatic heterocycles. The Balaban J connectivity index is 2.35. The van der Waals surface area contributed by atoms with E-state index in [-0.39, 0.29) is 25.7 Å². The monoisotopic (exact) mass is 307 g/mol. The minimum atomic E-state index is -2.15. The van der Waals surface area contributed by atoms with Crippen molar-refractivity contribution in [1.82, 2.24) is 5.32 Å². The Labute approximate surface area is 115 Å². The molecule has 2 N–H and O–H groups in total. The first-order chi connectivity index (χ1) is 9.78. The van der Waals surface area contributed by atoms with E-state index >= 15 is 0 Å². The largest absolute Gasteiger partial charge is 0.479 e. The molecule has 1 fully saturated rings. The maximum absolute atomic E-state index is 13.5. The SMILES string of the molecule is O=C(NC1(C(=O)O)CCOC1)c1cc(F)c(F)c(F)c1F. The quantitative estimate of drug-likeness (QED) is 0.500. The van der Waals surface area contributed by atoms with Crippen LogP contribution in [0.15, 0.2) is 6.07 Å². The highest BCUT2D eigenvalue weighted by Crippen LogP contribution is 2.22. The molecule has 1 saturated heterocycles. The summed E-state index contributed by atoms with van der Waals surface area (Å²) in [5.41, 5.74) is -2.94. The second kappa shape index (κ2) is 5.32. The first kappa shape index (κ1) is 15.2. The van der Waals surface area contributed by atoms with E-state index < -0.39 is 46.2 Å². The third-order valence-corrected chi connectivity index (χ3v) is 3.13. The molecule has 0 saturated carbocycles. The molecule has 1 heterocycles. The number of halogens is 4. The van der Waals surface area contributed by atoms with E-state index in [9.17, 15) is 27.2 Å². The molecule has 114 valence electrons.